The first-order valence-corrected chi connectivity index (χ1v) is 7.11. The van der Waals surface area contributed by atoms with Crippen molar-refractivity contribution >= 4 is 5.97 Å². The van der Waals surface area contributed by atoms with Gasteiger partial charge in [0.25, 0.3) is 0 Å². The van der Waals surface area contributed by atoms with E-state index in [1.54, 1.807) is 0 Å². The molecule has 3 nitrogen and oxygen atoms in total. The molecule has 0 aliphatic heterocycles. The van der Waals surface area contributed by atoms with Crippen LogP contribution in [0.25, 0.3) is 0 Å². The van der Waals surface area contributed by atoms with Crippen molar-refractivity contribution in [1.82, 2.24) is 4.90 Å². The zero-order valence-corrected chi connectivity index (χ0v) is 11.8. The van der Waals surface area contributed by atoms with Crippen LogP contribution in [0.5, 0.6) is 0 Å². The van der Waals surface area contributed by atoms with Gasteiger partial charge in [-0.1, -0.05) is 38.1 Å². The minimum Gasteiger partial charge on any atom is -0.480 e. The standard InChI is InChI=1S/C16H23NO2/c1-12(2)10-17(11-16(18)19)15-9-5-7-13-6-3-4-8-14(13)15/h3-4,6,8,12,15H,5,7,9-11H2,1-2H3,(H,18,19). The third kappa shape index (κ3) is 3.57. The average molecular weight is 261 g/mol. The van der Waals surface area contributed by atoms with Gasteiger partial charge >= 0.3 is 5.97 Å². The van der Waals surface area contributed by atoms with Crippen LogP contribution < -0.4 is 0 Å². The Kier molecular flexibility index (Phi) is 4.59. The summed E-state index contributed by atoms with van der Waals surface area (Å²) >= 11 is 0. The molecule has 3 heteroatoms. The monoisotopic (exact) mass is 261 g/mol. The van der Waals surface area contributed by atoms with Gasteiger partial charge in [0.15, 0.2) is 0 Å². The molecule has 104 valence electrons. The number of nitrogens with zero attached hydrogens (tertiary/aromatic N) is 1. The lowest BCUT2D eigenvalue weighted by Gasteiger charge is -2.36. The minimum absolute atomic E-state index is 0.136. The van der Waals surface area contributed by atoms with E-state index in [1.165, 1.54) is 11.1 Å². The van der Waals surface area contributed by atoms with Crippen molar-refractivity contribution in [3.63, 3.8) is 0 Å². The summed E-state index contributed by atoms with van der Waals surface area (Å²) < 4.78 is 0. The van der Waals surface area contributed by atoms with E-state index in [-0.39, 0.29) is 12.6 Å². The van der Waals surface area contributed by atoms with Crippen molar-refractivity contribution in [3.05, 3.63) is 35.4 Å². The van der Waals surface area contributed by atoms with E-state index in [9.17, 15) is 4.79 Å². The summed E-state index contributed by atoms with van der Waals surface area (Å²) in [6, 6.07) is 8.74. The summed E-state index contributed by atoms with van der Waals surface area (Å²) in [7, 11) is 0. The van der Waals surface area contributed by atoms with E-state index < -0.39 is 5.97 Å². The molecule has 1 atom stereocenters. The van der Waals surface area contributed by atoms with Crippen LogP contribution >= 0.6 is 0 Å². The third-order valence-electron chi connectivity index (χ3n) is 3.72. The van der Waals surface area contributed by atoms with Crippen LogP contribution in [-0.4, -0.2) is 29.1 Å². The van der Waals surface area contributed by atoms with Crippen molar-refractivity contribution in [2.75, 3.05) is 13.1 Å². The number of benzene rings is 1. The largest absolute Gasteiger partial charge is 0.480 e. The molecule has 1 aromatic carbocycles. The van der Waals surface area contributed by atoms with Gasteiger partial charge in [0.2, 0.25) is 0 Å². The highest BCUT2D eigenvalue weighted by molar-refractivity contribution is 5.69. The zero-order chi connectivity index (χ0) is 13.8. The zero-order valence-electron chi connectivity index (χ0n) is 11.8. The second-order valence-electron chi connectivity index (χ2n) is 5.82. The minimum atomic E-state index is -0.733. The van der Waals surface area contributed by atoms with Crippen LogP contribution in [0, 0.1) is 5.92 Å². The van der Waals surface area contributed by atoms with Crippen molar-refractivity contribution in [2.24, 2.45) is 5.92 Å². The Morgan fingerprint density at radius 2 is 2.16 bits per heavy atom. The first-order valence-electron chi connectivity index (χ1n) is 7.11. The van der Waals surface area contributed by atoms with E-state index in [0.717, 1.165) is 25.8 Å². The van der Waals surface area contributed by atoms with E-state index >= 15 is 0 Å². The number of aryl methyl sites for hydroxylation is 1. The van der Waals surface area contributed by atoms with Crippen LogP contribution in [0.3, 0.4) is 0 Å². The number of carboxylic acids is 1. The molecule has 0 radical (unpaired) electrons. The lowest BCUT2D eigenvalue weighted by Crippen LogP contribution is -2.37. The lowest BCUT2D eigenvalue weighted by molar-refractivity contribution is -0.139. The molecular weight excluding hydrogens is 238 g/mol. The van der Waals surface area contributed by atoms with Crippen molar-refractivity contribution in [2.45, 2.75) is 39.2 Å². The van der Waals surface area contributed by atoms with Crippen LogP contribution in [-0.2, 0) is 11.2 Å². The van der Waals surface area contributed by atoms with Gasteiger partial charge in [-0.05, 0) is 36.3 Å². The molecule has 0 amide bonds. The van der Waals surface area contributed by atoms with Crippen LogP contribution in [0.15, 0.2) is 24.3 Å². The van der Waals surface area contributed by atoms with Crippen LogP contribution in [0.2, 0.25) is 0 Å². The molecule has 0 spiro atoms. The fourth-order valence-corrected chi connectivity index (χ4v) is 3.05. The molecule has 0 saturated heterocycles. The maximum atomic E-state index is 11.1. The molecule has 0 bridgehead atoms. The number of carboxylic acid groups (broad SMARTS) is 1. The predicted molar refractivity (Wildman–Crippen MR) is 76.2 cm³/mol. The van der Waals surface area contributed by atoms with Gasteiger partial charge < -0.3 is 5.11 Å². The Bertz CT molecular complexity index is 442. The molecule has 0 aromatic heterocycles. The molecule has 1 N–H and O–H groups in total. The SMILES string of the molecule is CC(C)CN(CC(=O)O)C1CCCc2ccccc21. The normalized spacial score (nSPS) is 18.6. The number of hydrogen-bond donors (Lipinski definition) is 1. The molecule has 19 heavy (non-hydrogen) atoms. The van der Waals surface area contributed by atoms with Crippen molar-refractivity contribution in [1.29, 1.82) is 0 Å². The van der Waals surface area contributed by atoms with Crippen molar-refractivity contribution in [3.8, 4) is 0 Å². The summed E-state index contributed by atoms with van der Waals surface area (Å²) in [5.41, 5.74) is 2.72. The summed E-state index contributed by atoms with van der Waals surface area (Å²) in [5, 5.41) is 9.13. The van der Waals surface area contributed by atoms with Crippen LogP contribution in [0.1, 0.15) is 43.9 Å². The Morgan fingerprint density at radius 1 is 1.42 bits per heavy atom. The van der Waals surface area contributed by atoms with Gasteiger partial charge in [-0.3, -0.25) is 9.69 Å². The van der Waals surface area contributed by atoms with E-state index in [2.05, 4.69) is 43.0 Å². The molecule has 0 saturated carbocycles. The highest BCUT2D eigenvalue weighted by Crippen LogP contribution is 2.34. The van der Waals surface area contributed by atoms with Gasteiger partial charge in [0, 0.05) is 12.6 Å². The fraction of sp³-hybridized carbons (Fsp3) is 0.562. The number of carbonyl (C=O) groups is 1. The van der Waals surface area contributed by atoms with Gasteiger partial charge in [-0.2, -0.15) is 0 Å². The Balaban J connectivity index is 2.24. The number of rotatable bonds is 5. The molecule has 0 heterocycles. The average Bonchev–Trinajstić information content (AvgIpc) is 2.36. The Morgan fingerprint density at radius 3 is 2.84 bits per heavy atom. The van der Waals surface area contributed by atoms with Gasteiger partial charge in [-0.15, -0.1) is 0 Å². The van der Waals surface area contributed by atoms with Gasteiger partial charge in [0.1, 0.15) is 0 Å². The van der Waals surface area contributed by atoms with Gasteiger partial charge in [0.05, 0.1) is 6.54 Å². The Labute approximate surface area is 115 Å². The molecule has 1 aliphatic carbocycles. The first-order chi connectivity index (χ1) is 9.08. The molecule has 1 aromatic rings. The van der Waals surface area contributed by atoms with E-state index in [0.29, 0.717) is 5.92 Å². The predicted octanol–water partition coefficient (Wildman–Crippen LogP) is 3.11. The van der Waals surface area contributed by atoms with Crippen LogP contribution in [0.4, 0.5) is 0 Å². The third-order valence-corrected chi connectivity index (χ3v) is 3.72. The molecule has 0 fully saturated rings. The highest BCUT2D eigenvalue weighted by atomic mass is 16.4. The molecule has 2 rings (SSSR count). The van der Waals surface area contributed by atoms with E-state index in [1.807, 2.05) is 0 Å². The maximum absolute atomic E-state index is 11.1. The molecule has 1 unspecified atom stereocenters. The summed E-state index contributed by atoms with van der Waals surface area (Å²) in [4.78, 5) is 13.2. The Hall–Kier alpha value is -1.35. The molecule has 1 aliphatic rings. The second-order valence-corrected chi connectivity index (χ2v) is 5.82. The number of aliphatic carboxylic acids is 1. The van der Waals surface area contributed by atoms with E-state index in [4.69, 9.17) is 5.11 Å². The fourth-order valence-electron chi connectivity index (χ4n) is 3.05. The van der Waals surface area contributed by atoms with Gasteiger partial charge in [-0.25, -0.2) is 0 Å². The number of hydrogen-bond acceptors (Lipinski definition) is 2. The molecular formula is C16H23NO2. The summed E-state index contributed by atoms with van der Waals surface area (Å²) in [6.45, 7) is 5.26. The number of fused-ring (bicyclic) bond motifs is 1. The summed E-state index contributed by atoms with van der Waals surface area (Å²) in [6.07, 6.45) is 3.34. The quantitative estimate of drug-likeness (QED) is 0.885. The maximum Gasteiger partial charge on any atom is 0.317 e. The topological polar surface area (TPSA) is 40.5 Å². The van der Waals surface area contributed by atoms with Crippen molar-refractivity contribution < 1.29 is 9.90 Å². The highest BCUT2D eigenvalue weighted by Gasteiger charge is 2.27. The smallest absolute Gasteiger partial charge is 0.317 e. The second kappa shape index (κ2) is 6.20. The first kappa shape index (κ1) is 14.1. The lowest BCUT2D eigenvalue weighted by atomic mass is 9.86. The summed E-state index contributed by atoms with van der Waals surface area (Å²) in [5.74, 6) is -0.253.